The lowest BCUT2D eigenvalue weighted by Crippen LogP contribution is -2.36. The van der Waals surface area contributed by atoms with Crippen LogP contribution in [-0.4, -0.2) is 18.6 Å². The molecule has 0 bridgehead atoms. The second kappa shape index (κ2) is 6.57. The minimum Gasteiger partial charge on any atom is -0.481 e. The summed E-state index contributed by atoms with van der Waals surface area (Å²) in [6, 6.07) is 7.79. The number of nitrogens with one attached hydrogen (secondary N) is 1. The lowest BCUT2D eigenvalue weighted by molar-refractivity contribution is -0.127. The Balaban J connectivity index is 2.00. The van der Waals surface area contributed by atoms with Gasteiger partial charge in [0.25, 0.3) is 5.91 Å². The second-order valence-electron chi connectivity index (χ2n) is 4.98. The zero-order chi connectivity index (χ0) is 13.7. The van der Waals surface area contributed by atoms with E-state index >= 15 is 0 Å². The highest BCUT2D eigenvalue weighted by Crippen LogP contribution is 2.20. The Morgan fingerprint density at radius 1 is 1.37 bits per heavy atom. The summed E-state index contributed by atoms with van der Waals surface area (Å²) in [7, 11) is 0. The molecule has 0 spiro atoms. The SMILES string of the molecule is CC[C@H](N)c1ccc(OC2CCCCNC2=O)cc1. The largest absolute Gasteiger partial charge is 0.481 e. The van der Waals surface area contributed by atoms with Crippen LogP contribution in [0.4, 0.5) is 0 Å². The molecule has 4 heteroatoms. The highest BCUT2D eigenvalue weighted by Gasteiger charge is 2.22. The Morgan fingerprint density at radius 2 is 2.11 bits per heavy atom. The van der Waals surface area contributed by atoms with E-state index in [2.05, 4.69) is 12.2 Å². The first kappa shape index (κ1) is 13.9. The molecule has 1 aliphatic heterocycles. The van der Waals surface area contributed by atoms with Gasteiger partial charge < -0.3 is 15.8 Å². The maximum atomic E-state index is 11.8. The van der Waals surface area contributed by atoms with Gasteiger partial charge in [-0.05, 0) is 43.4 Å². The molecular weight excluding hydrogens is 240 g/mol. The molecule has 1 aromatic rings. The lowest BCUT2D eigenvalue weighted by Gasteiger charge is -2.16. The molecule has 2 atom stereocenters. The van der Waals surface area contributed by atoms with Crippen molar-refractivity contribution in [2.45, 2.75) is 44.8 Å². The maximum absolute atomic E-state index is 11.8. The second-order valence-corrected chi connectivity index (χ2v) is 4.98. The van der Waals surface area contributed by atoms with E-state index in [0.717, 1.165) is 43.5 Å². The Labute approximate surface area is 114 Å². The third-order valence-electron chi connectivity index (χ3n) is 3.51. The molecule has 1 aromatic carbocycles. The number of ether oxygens (including phenoxy) is 1. The van der Waals surface area contributed by atoms with Gasteiger partial charge in [0.15, 0.2) is 6.10 Å². The van der Waals surface area contributed by atoms with Crippen LogP contribution in [0.3, 0.4) is 0 Å². The van der Waals surface area contributed by atoms with Crippen LogP contribution in [0.25, 0.3) is 0 Å². The van der Waals surface area contributed by atoms with Gasteiger partial charge in [0, 0.05) is 12.6 Å². The third-order valence-corrected chi connectivity index (χ3v) is 3.51. The Hall–Kier alpha value is -1.55. The van der Waals surface area contributed by atoms with E-state index in [1.807, 2.05) is 24.3 Å². The van der Waals surface area contributed by atoms with E-state index in [9.17, 15) is 4.79 Å². The number of nitrogens with two attached hydrogens (primary N) is 1. The fourth-order valence-electron chi connectivity index (χ4n) is 2.22. The Bertz CT molecular complexity index is 417. The fourth-order valence-corrected chi connectivity index (χ4v) is 2.22. The summed E-state index contributed by atoms with van der Waals surface area (Å²) < 4.78 is 5.76. The molecule has 1 heterocycles. The summed E-state index contributed by atoms with van der Waals surface area (Å²) in [6.07, 6.45) is 3.36. The van der Waals surface area contributed by atoms with Crippen LogP contribution in [0.2, 0.25) is 0 Å². The summed E-state index contributed by atoms with van der Waals surface area (Å²) in [6.45, 7) is 2.81. The van der Waals surface area contributed by atoms with E-state index in [1.165, 1.54) is 0 Å². The smallest absolute Gasteiger partial charge is 0.261 e. The van der Waals surface area contributed by atoms with E-state index in [4.69, 9.17) is 10.5 Å². The van der Waals surface area contributed by atoms with E-state index in [0.29, 0.717) is 0 Å². The van der Waals surface area contributed by atoms with Gasteiger partial charge in [0.1, 0.15) is 5.75 Å². The number of rotatable bonds is 4. The molecule has 0 aliphatic carbocycles. The van der Waals surface area contributed by atoms with Crippen molar-refractivity contribution in [3.05, 3.63) is 29.8 Å². The molecule has 1 unspecified atom stereocenters. The van der Waals surface area contributed by atoms with Crippen molar-refractivity contribution in [3.63, 3.8) is 0 Å². The number of benzene rings is 1. The van der Waals surface area contributed by atoms with Crippen molar-refractivity contribution in [3.8, 4) is 5.75 Å². The zero-order valence-corrected chi connectivity index (χ0v) is 11.4. The Kier molecular flexibility index (Phi) is 4.80. The van der Waals surface area contributed by atoms with Gasteiger partial charge in [0.2, 0.25) is 0 Å². The normalized spacial score (nSPS) is 21.4. The van der Waals surface area contributed by atoms with Crippen LogP contribution in [0.5, 0.6) is 5.75 Å². The van der Waals surface area contributed by atoms with Gasteiger partial charge in [-0.3, -0.25) is 4.79 Å². The predicted molar refractivity (Wildman–Crippen MR) is 74.9 cm³/mol. The number of hydrogen-bond donors (Lipinski definition) is 2. The average molecular weight is 262 g/mol. The van der Waals surface area contributed by atoms with E-state index < -0.39 is 0 Å². The molecule has 3 N–H and O–H groups in total. The van der Waals surface area contributed by atoms with Gasteiger partial charge in [-0.2, -0.15) is 0 Å². The minimum absolute atomic E-state index is 0.00756. The molecule has 104 valence electrons. The Morgan fingerprint density at radius 3 is 2.79 bits per heavy atom. The molecule has 1 aliphatic rings. The highest BCUT2D eigenvalue weighted by atomic mass is 16.5. The van der Waals surface area contributed by atoms with Crippen LogP contribution in [0.15, 0.2) is 24.3 Å². The molecule has 0 radical (unpaired) electrons. The summed E-state index contributed by atoms with van der Waals surface area (Å²) in [5.74, 6) is 0.723. The number of carbonyl (C=O) groups excluding carboxylic acids is 1. The summed E-state index contributed by atoms with van der Waals surface area (Å²) >= 11 is 0. The molecule has 0 aromatic heterocycles. The van der Waals surface area contributed by atoms with Crippen molar-refractivity contribution in [2.24, 2.45) is 5.73 Å². The van der Waals surface area contributed by atoms with Gasteiger partial charge in [-0.15, -0.1) is 0 Å². The van der Waals surface area contributed by atoms with Crippen molar-refractivity contribution >= 4 is 5.91 Å². The van der Waals surface area contributed by atoms with Gasteiger partial charge >= 0.3 is 0 Å². The monoisotopic (exact) mass is 262 g/mol. The molecule has 0 saturated carbocycles. The van der Waals surface area contributed by atoms with E-state index in [1.54, 1.807) is 0 Å². The van der Waals surface area contributed by atoms with Gasteiger partial charge in [0.05, 0.1) is 0 Å². The molecule has 4 nitrogen and oxygen atoms in total. The average Bonchev–Trinajstić information content (AvgIpc) is 2.64. The molecular formula is C15H22N2O2. The summed E-state index contributed by atoms with van der Waals surface area (Å²) in [4.78, 5) is 11.8. The first-order valence-electron chi connectivity index (χ1n) is 7.00. The van der Waals surface area contributed by atoms with Crippen molar-refractivity contribution < 1.29 is 9.53 Å². The summed E-state index contributed by atoms with van der Waals surface area (Å²) in [5.41, 5.74) is 7.06. The predicted octanol–water partition coefficient (Wildman–Crippen LogP) is 2.14. The lowest BCUT2D eigenvalue weighted by atomic mass is 10.1. The van der Waals surface area contributed by atoms with Crippen LogP contribution in [0.1, 0.15) is 44.2 Å². The highest BCUT2D eigenvalue weighted by molar-refractivity contribution is 5.81. The quantitative estimate of drug-likeness (QED) is 0.873. The van der Waals surface area contributed by atoms with Crippen molar-refractivity contribution in [1.29, 1.82) is 0 Å². The first-order chi connectivity index (χ1) is 9.20. The van der Waals surface area contributed by atoms with Gasteiger partial charge in [-0.1, -0.05) is 19.1 Å². The van der Waals surface area contributed by atoms with Crippen LogP contribution >= 0.6 is 0 Å². The van der Waals surface area contributed by atoms with Crippen LogP contribution in [-0.2, 0) is 4.79 Å². The zero-order valence-electron chi connectivity index (χ0n) is 11.4. The number of carbonyl (C=O) groups is 1. The van der Waals surface area contributed by atoms with Gasteiger partial charge in [-0.25, -0.2) is 0 Å². The number of amides is 1. The molecule has 1 amide bonds. The first-order valence-corrected chi connectivity index (χ1v) is 7.00. The van der Waals surface area contributed by atoms with Crippen molar-refractivity contribution in [1.82, 2.24) is 5.32 Å². The van der Waals surface area contributed by atoms with Crippen molar-refractivity contribution in [2.75, 3.05) is 6.54 Å². The minimum atomic E-state index is -0.367. The summed E-state index contributed by atoms with van der Waals surface area (Å²) in [5, 5.41) is 2.87. The molecule has 2 rings (SSSR count). The van der Waals surface area contributed by atoms with Crippen LogP contribution < -0.4 is 15.8 Å². The van der Waals surface area contributed by atoms with Crippen LogP contribution in [0, 0.1) is 0 Å². The fraction of sp³-hybridized carbons (Fsp3) is 0.533. The molecule has 1 saturated heterocycles. The molecule has 1 fully saturated rings. The third kappa shape index (κ3) is 3.70. The standard InChI is InChI=1S/C15H22N2O2/c1-2-13(16)11-6-8-12(9-7-11)19-14-5-3-4-10-17-15(14)18/h6-9,13-14H,2-5,10,16H2,1H3,(H,17,18)/t13-,14?/m0/s1. The molecule has 19 heavy (non-hydrogen) atoms. The van der Waals surface area contributed by atoms with E-state index in [-0.39, 0.29) is 18.1 Å². The topological polar surface area (TPSA) is 64.3 Å². The maximum Gasteiger partial charge on any atom is 0.261 e. The number of hydrogen-bond acceptors (Lipinski definition) is 3.